The average Bonchev–Trinajstić information content (AvgIpc) is 3.67. The number of ether oxygens (including phenoxy) is 2. The highest BCUT2D eigenvalue weighted by Crippen LogP contribution is 2.37. The Balaban J connectivity index is 0.000000912. The molecule has 12 nitrogen and oxygen atoms in total. The number of pyridine rings is 2. The quantitative estimate of drug-likeness (QED) is 0.0988. The molecule has 1 amide bonds. The van der Waals surface area contributed by atoms with Crippen molar-refractivity contribution in [2.75, 3.05) is 56.7 Å². The van der Waals surface area contributed by atoms with Crippen molar-refractivity contribution >= 4 is 45.5 Å². The summed E-state index contributed by atoms with van der Waals surface area (Å²) in [6, 6.07) is 15.7. The molecule has 1 aliphatic rings. The molecule has 2 aromatic carbocycles. The van der Waals surface area contributed by atoms with E-state index in [1.165, 1.54) is 37.2 Å². The van der Waals surface area contributed by atoms with Crippen LogP contribution in [-0.4, -0.2) is 82.2 Å². The second-order valence-electron chi connectivity index (χ2n) is 10.4. The Morgan fingerprint density at radius 1 is 1.11 bits per heavy atom. The summed E-state index contributed by atoms with van der Waals surface area (Å²) in [5.41, 5.74) is 2.50. The number of carbonyl (C=O) groups is 1. The number of phenolic OH excluding ortho intramolecular Hbond substituents is 1. The van der Waals surface area contributed by atoms with Crippen molar-refractivity contribution in [2.45, 2.75) is 19.4 Å². The Morgan fingerprint density at radius 3 is 2.53 bits per heavy atom. The summed E-state index contributed by atoms with van der Waals surface area (Å²) in [5.74, 6) is -0.233. The van der Waals surface area contributed by atoms with Crippen molar-refractivity contribution in [3.05, 3.63) is 89.4 Å². The van der Waals surface area contributed by atoms with Crippen LogP contribution >= 0.6 is 11.6 Å². The van der Waals surface area contributed by atoms with Crippen LogP contribution in [0.25, 0.3) is 10.9 Å². The van der Waals surface area contributed by atoms with Crippen molar-refractivity contribution in [3.8, 4) is 17.6 Å². The minimum atomic E-state index is -0.496. The Bertz CT molecular complexity index is 1680. The molecule has 0 bridgehead atoms. The van der Waals surface area contributed by atoms with Gasteiger partial charge >= 0.3 is 0 Å². The molecule has 1 fully saturated rings. The van der Waals surface area contributed by atoms with Gasteiger partial charge in [0, 0.05) is 68.5 Å². The van der Waals surface area contributed by atoms with Crippen molar-refractivity contribution in [1.29, 1.82) is 5.26 Å². The minimum absolute atomic E-state index is 0.0732. The number of nitriles is 1. The first kappa shape index (κ1) is 35.1. The monoisotopic (exact) mass is 660 g/mol. The number of hydrogen-bond donors (Lipinski definition) is 5. The molecule has 1 aliphatic heterocycles. The number of aliphatic hydroxyl groups excluding tert-OH is 2. The molecular formula is C34H37ClN6O6. The SMILES string of the molecule is C1CCOC1.N#Cc1cnc2cc(O)c(NC(=O)/C=C/CN(CCO)CCO)cc2c1Nc1ccc(OCc2ccccn2)c(Cl)c1. The molecular weight excluding hydrogens is 624 g/mol. The fraction of sp³-hybridized carbons (Fsp3) is 0.294. The number of phenols is 1. The number of aromatic hydroxyl groups is 1. The molecule has 5 N–H and O–H groups in total. The number of carbonyl (C=O) groups excluding carboxylic acids is 1. The van der Waals surface area contributed by atoms with Gasteiger partial charge in [-0.05, 0) is 49.2 Å². The number of amides is 1. The van der Waals surface area contributed by atoms with E-state index in [0.717, 1.165) is 18.9 Å². The third-order valence-electron chi connectivity index (χ3n) is 6.96. The van der Waals surface area contributed by atoms with Crippen molar-refractivity contribution in [1.82, 2.24) is 14.9 Å². The molecule has 3 heterocycles. The molecule has 246 valence electrons. The van der Waals surface area contributed by atoms with Gasteiger partial charge in [-0.1, -0.05) is 23.7 Å². The van der Waals surface area contributed by atoms with Gasteiger partial charge in [0.05, 0.1) is 46.4 Å². The first-order valence-corrected chi connectivity index (χ1v) is 15.4. The van der Waals surface area contributed by atoms with Crippen LogP contribution in [-0.2, 0) is 16.1 Å². The Morgan fingerprint density at radius 2 is 1.89 bits per heavy atom. The van der Waals surface area contributed by atoms with Crippen LogP contribution in [0, 0.1) is 11.3 Å². The summed E-state index contributed by atoms with van der Waals surface area (Å²) in [7, 11) is 0. The summed E-state index contributed by atoms with van der Waals surface area (Å²) in [6.07, 6.45) is 8.52. The van der Waals surface area contributed by atoms with E-state index in [2.05, 4.69) is 26.7 Å². The Labute approximate surface area is 277 Å². The van der Waals surface area contributed by atoms with E-state index in [1.807, 2.05) is 18.2 Å². The van der Waals surface area contributed by atoms with Gasteiger partial charge in [-0.15, -0.1) is 0 Å². The van der Waals surface area contributed by atoms with Gasteiger partial charge in [-0.3, -0.25) is 19.7 Å². The van der Waals surface area contributed by atoms with E-state index < -0.39 is 5.91 Å². The van der Waals surface area contributed by atoms with E-state index in [4.69, 9.17) is 31.3 Å². The first-order valence-electron chi connectivity index (χ1n) is 15.1. The zero-order valence-corrected chi connectivity index (χ0v) is 26.5. The number of aromatic nitrogens is 2. The number of fused-ring (bicyclic) bond motifs is 1. The number of hydrogen-bond acceptors (Lipinski definition) is 11. The van der Waals surface area contributed by atoms with Gasteiger partial charge < -0.3 is 35.4 Å². The maximum atomic E-state index is 12.6. The highest BCUT2D eigenvalue weighted by molar-refractivity contribution is 6.32. The summed E-state index contributed by atoms with van der Waals surface area (Å²) in [4.78, 5) is 22.8. The molecule has 13 heteroatoms. The molecule has 2 aromatic heterocycles. The number of halogens is 1. The maximum absolute atomic E-state index is 12.6. The fourth-order valence-corrected chi connectivity index (χ4v) is 4.83. The van der Waals surface area contributed by atoms with Crippen LogP contribution < -0.4 is 15.4 Å². The predicted octanol–water partition coefficient (Wildman–Crippen LogP) is 4.76. The maximum Gasteiger partial charge on any atom is 0.248 e. The molecule has 47 heavy (non-hydrogen) atoms. The second kappa shape index (κ2) is 18.4. The third kappa shape index (κ3) is 10.6. The molecule has 4 aromatic rings. The first-order chi connectivity index (χ1) is 22.9. The normalized spacial score (nSPS) is 12.5. The van der Waals surface area contributed by atoms with Crippen LogP contribution in [0.2, 0.25) is 5.02 Å². The van der Waals surface area contributed by atoms with Crippen LogP contribution in [0.4, 0.5) is 17.1 Å². The smallest absolute Gasteiger partial charge is 0.248 e. The number of nitrogens with one attached hydrogen (secondary N) is 2. The Hall–Kier alpha value is -4.77. The average molecular weight is 661 g/mol. The van der Waals surface area contributed by atoms with Gasteiger partial charge in [0.2, 0.25) is 5.91 Å². The van der Waals surface area contributed by atoms with E-state index in [0.29, 0.717) is 52.7 Å². The van der Waals surface area contributed by atoms with Crippen molar-refractivity contribution < 1.29 is 29.6 Å². The molecule has 0 radical (unpaired) electrons. The van der Waals surface area contributed by atoms with Gasteiger partial charge in [-0.2, -0.15) is 5.26 Å². The zero-order chi connectivity index (χ0) is 33.4. The Kier molecular flexibility index (Phi) is 13.7. The molecule has 0 aliphatic carbocycles. The van der Waals surface area contributed by atoms with Crippen molar-refractivity contribution in [3.63, 3.8) is 0 Å². The van der Waals surface area contributed by atoms with Crippen molar-refractivity contribution in [2.24, 2.45) is 0 Å². The lowest BCUT2D eigenvalue weighted by atomic mass is 10.1. The largest absolute Gasteiger partial charge is 0.506 e. The topological polar surface area (TPSA) is 173 Å². The van der Waals surface area contributed by atoms with E-state index in [9.17, 15) is 15.2 Å². The van der Waals surface area contributed by atoms with Crippen LogP contribution in [0.3, 0.4) is 0 Å². The molecule has 0 unspecified atom stereocenters. The van der Waals surface area contributed by atoms with E-state index in [-0.39, 0.29) is 36.8 Å². The molecule has 0 saturated carbocycles. The molecule has 1 saturated heterocycles. The summed E-state index contributed by atoms with van der Waals surface area (Å²) in [5, 5.41) is 45.3. The van der Waals surface area contributed by atoms with Gasteiger partial charge in [0.1, 0.15) is 24.2 Å². The number of aliphatic hydroxyl groups is 2. The zero-order valence-electron chi connectivity index (χ0n) is 25.7. The standard InChI is InChI=1S/C30H29ClN6O5.C4H8O/c31-24-14-21(6-7-28(24)42-19-22-4-1-2-8-33-22)35-30-20(17-32)18-34-25-16-27(40)26(15-23(25)30)36-29(41)5-3-9-37(10-12-38)11-13-39;1-2-4-5-3-1/h1-8,14-16,18,38-40H,9-13,19H2,(H,34,35)(H,36,41);1-4H2/b5-3+;. The minimum Gasteiger partial charge on any atom is -0.506 e. The number of anilines is 3. The van der Waals surface area contributed by atoms with Gasteiger partial charge in [0.25, 0.3) is 0 Å². The lowest BCUT2D eigenvalue weighted by Crippen LogP contribution is -2.30. The van der Waals surface area contributed by atoms with Crippen LogP contribution in [0.15, 0.2) is 73.1 Å². The van der Waals surface area contributed by atoms with Crippen LogP contribution in [0.5, 0.6) is 11.5 Å². The molecule has 0 atom stereocenters. The highest BCUT2D eigenvalue weighted by Gasteiger charge is 2.15. The predicted molar refractivity (Wildman–Crippen MR) is 180 cm³/mol. The summed E-state index contributed by atoms with van der Waals surface area (Å²) < 4.78 is 10.7. The summed E-state index contributed by atoms with van der Waals surface area (Å²) >= 11 is 6.48. The van der Waals surface area contributed by atoms with Gasteiger partial charge in [-0.25, -0.2) is 0 Å². The number of nitrogens with zero attached hydrogens (tertiary/aromatic N) is 4. The molecule has 0 spiro atoms. The second-order valence-corrected chi connectivity index (χ2v) is 10.8. The van der Waals surface area contributed by atoms with Gasteiger partial charge in [0.15, 0.2) is 0 Å². The van der Waals surface area contributed by atoms with Crippen LogP contribution in [0.1, 0.15) is 24.1 Å². The number of benzene rings is 2. The van der Waals surface area contributed by atoms with E-state index in [1.54, 1.807) is 35.4 Å². The lowest BCUT2D eigenvalue weighted by molar-refractivity contribution is -0.111. The molecule has 5 rings (SSSR count). The highest BCUT2D eigenvalue weighted by atomic mass is 35.5. The lowest BCUT2D eigenvalue weighted by Gasteiger charge is -2.17. The van der Waals surface area contributed by atoms with E-state index >= 15 is 0 Å². The summed E-state index contributed by atoms with van der Waals surface area (Å²) in [6.45, 7) is 3.16. The number of rotatable bonds is 13. The fourth-order valence-electron chi connectivity index (χ4n) is 4.59. The third-order valence-corrected chi connectivity index (χ3v) is 7.25.